The molecule has 0 bridgehead atoms. The Hall–Kier alpha value is -2.74. The van der Waals surface area contributed by atoms with E-state index in [2.05, 4.69) is 30.6 Å². The molecule has 2 aromatic heterocycles. The van der Waals surface area contributed by atoms with E-state index in [4.69, 9.17) is 16.1 Å². The first-order chi connectivity index (χ1) is 13.1. The van der Waals surface area contributed by atoms with E-state index in [1.807, 2.05) is 49.1 Å². The lowest BCUT2D eigenvalue weighted by atomic mass is 10.0. The van der Waals surface area contributed by atoms with Gasteiger partial charge in [-0.1, -0.05) is 35.0 Å². The van der Waals surface area contributed by atoms with E-state index in [1.54, 1.807) is 6.20 Å². The lowest BCUT2D eigenvalue weighted by Gasteiger charge is -2.14. The third-order valence-corrected chi connectivity index (χ3v) is 4.93. The molecule has 2 aromatic rings. The number of hydrogen-bond acceptors (Lipinski definition) is 7. The molecular formula is C18H20ClN7O. The van der Waals surface area contributed by atoms with Crippen molar-refractivity contribution in [2.45, 2.75) is 37.6 Å². The van der Waals surface area contributed by atoms with Gasteiger partial charge in [-0.05, 0) is 25.8 Å². The van der Waals surface area contributed by atoms with E-state index in [0.717, 1.165) is 17.3 Å². The smallest absolute Gasteiger partial charge is 0.234 e. The molecule has 1 aliphatic carbocycles. The monoisotopic (exact) mass is 385 g/mol. The van der Waals surface area contributed by atoms with Gasteiger partial charge in [0.05, 0.1) is 12.0 Å². The average molecular weight is 386 g/mol. The van der Waals surface area contributed by atoms with Gasteiger partial charge in [0.15, 0.2) is 5.82 Å². The minimum absolute atomic E-state index is 0.0112. The Balaban J connectivity index is 1.45. The molecule has 0 saturated carbocycles. The van der Waals surface area contributed by atoms with Crippen molar-refractivity contribution in [1.29, 1.82) is 0 Å². The van der Waals surface area contributed by atoms with E-state index >= 15 is 0 Å². The summed E-state index contributed by atoms with van der Waals surface area (Å²) in [7, 11) is 1.94. The molecule has 0 fully saturated rings. The van der Waals surface area contributed by atoms with Gasteiger partial charge in [-0.25, -0.2) is 0 Å². The maximum absolute atomic E-state index is 6.10. The van der Waals surface area contributed by atoms with Crippen molar-refractivity contribution in [2.75, 3.05) is 5.32 Å². The number of allylic oxidation sites excluding steroid dienone is 5. The lowest BCUT2D eigenvalue weighted by Crippen LogP contribution is -2.14. The Kier molecular flexibility index (Phi) is 4.89. The van der Waals surface area contributed by atoms with Crippen LogP contribution in [0.4, 0.5) is 5.95 Å². The van der Waals surface area contributed by atoms with Crippen molar-refractivity contribution in [3.63, 3.8) is 0 Å². The maximum atomic E-state index is 6.10. The molecule has 3 atom stereocenters. The number of rotatable bonds is 5. The molecule has 0 spiro atoms. The van der Waals surface area contributed by atoms with E-state index in [0.29, 0.717) is 24.1 Å². The molecular weight excluding hydrogens is 366 g/mol. The van der Waals surface area contributed by atoms with Crippen molar-refractivity contribution < 1.29 is 4.52 Å². The van der Waals surface area contributed by atoms with Gasteiger partial charge in [0.25, 0.3) is 0 Å². The number of halogens is 1. The van der Waals surface area contributed by atoms with Crippen LogP contribution in [0.5, 0.6) is 0 Å². The summed E-state index contributed by atoms with van der Waals surface area (Å²) in [5, 5.41) is 16.8. The summed E-state index contributed by atoms with van der Waals surface area (Å²) in [6.07, 6.45) is 13.0. The van der Waals surface area contributed by atoms with Crippen molar-refractivity contribution in [1.82, 2.24) is 24.9 Å². The van der Waals surface area contributed by atoms with Crippen LogP contribution in [0.2, 0.25) is 0 Å². The minimum atomic E-state index is -0.180. The first-order valence-corrected chi connectivity index (χ1v) is 9.20. The van der Waals surface area contributed by atoms with Gasteiger partial charge in [0.1, 0.15) is 5.82 Å². The number of aromatic nitrogens is 5. The van der Waals surface area contributed by atoms with Crippen LogP contribution >= 0.6 is 11.6 Å². The zero-order chi connectivity index (χ0) is 18.8. The summed E-state index contributed by atoms with van der Waals surface area (Å²) in [6.45, 7) is 1.96. The summed E-state index contributed by atoms with van der Waals surface area (Å²) in [5.74, 6) is 2.86. The van der Waals surface area contributed by atoms with Crippen molar-refractivity contribution in [3.8, 4) is 0 Å². The zero-order valence-electron chi connectivity index (χ0n) is 15.1. The normalized spacial score (nSPS) is 22.7. The standard InChI is InChI=1S/C18H20ClN7O/c1-11(15-22-17(27-25-15)13-4-3-5-14(19)10-13)21-18-24-23-16(26(18)2)12-6-8-20-9-7-12/h3-6,8-9,11-13H,7,10H2,1-2H3,(H,21,24)/t11-,12?,13?/m0/s1. The first-order valence-electron chi connectivity index (χ1n) is 8.82. The van der Waals surface area contributed by atoms with Crippen molar-refractivity contribution in [3.05, 3.63) is 53.1 Å². The van der Waals surface area contributed by atoms with Crippen LogP contribution in [-0.4, -0.2) is 31.1 Å². The minimum Gasteiger partial charge on any atom is -0.344 e. The number of nitrogens with zero attached hydrogens (tertiary/aromatic N) is 6. The zero-order valence-corrected chi connectivity index (χ0v) is 15.8. The SMILES string of the molecule is C[C@H](Nc1nnc(C2C=CN=CC2)n1C)c1noc(C2C=CC=C(Cl)C2)n1. The third kappa shape index (κ3) is 3.71. The molecule has 0 aromatic carbocycles. The topological polar surface area (TPSA) is 94.0 Å². The second-order valence-corrected chi connectivity index (χ2v) is 7.11. The second kappa shape index (κ2) is 7.48. The maximum Gasteiger partial charge on any atom is 0.234 e. The fraction of sp³-hybridized carbons (Fsp3) is 0.389. The number of aliphatic imine (C=N–C) groups is 1. The van der Waals surface area contributed by atoms with E-state index < -0.39 is 0 Å². The van der Waals surface area contributed by atoms with Gasteiger partial charge < -0.3 is 14.4 Å². The van der Waals surface area contributed by atoms with Crippen molar-refractivity contribution >= 4 is 23.8 Å². The van der Waals surface area contributed by atoms with Crippen LogP contribution in [0.1, 0.15) is 55.2 Å². The molecule has 140 valence electrons. The van der Waals surface area contributed by atoms with Crippen molar-refractivity contribution in [2.24, 2.45) is 12.0 Å². The highest BCUT2D eigenvalue weighted by atomic mass is 35.5. The van der Waals surface area contributed by atoms with Crippen LogP contribution < -0.4 is 5.32 Å². The summed E-state index contributed by atoms with van der Waals surface area (Å²) in [4.78, 5) is 8.63. The molecule has 0 amide bonds. The van der Waals surface area contributed by atoms with Gasteiger partial charge in [-0.2, -0.15) is 4.98 Å². The van der Waals surface area contributed by atoms with Gasteiger partial charge in [-0.3, -0.25) is 4.99 Å². The van der Waals surface area contributed by atoms with Gasteiger partial charge in [0, 0.05) is 30.4 Å². The molecule has 2 aliphatic rings. The van der Waals surface area contributed by atoms with Gasteiger partial charge >= 0.3 is 0 Å². The Labute approximate surface area is 161 Å². The van der Waals surface area contributed by atoms with Gasteiger partial charge in [0.2, 0.25) is 11.8 Å². The van der Waals surface area contributed by atoms with Crippen LogP contribution in [0.15, 0.2) is 45.1 Å². The molecule has 3 heterocycles. The van der Waals surface area contributed by atoms with Crippen LogP contribution in [0.3, 0.4) is 0 Å². The quantitative estimate of drug-likeness (QED) is 0.844. The summed E-state index contributed by atoms with van der Waals surface area (Å²) in [6, 6.07) is -0.180. The fourth-order valence-electron chi connectivity index (χ4n) is 3.09. The predicted molar refractivity (Wildman–Crippen MR) is 103 cm³/mol. The Morgan fingerprint density at radius 3 is 2.96 bits per heavy atom. The first kappa shape index (κ1) is 17.7. The van der Waals surface area contributed by atoms with E-state index in [1.165, 1.54) is 0 Å². The fourth-order valence-corrected chi connectivity index (χ4v) is 3.33. The third-order valence-electron chi connectivity index (χ3n) is 4.65. The molecule has 8 nitrogen and oxygen atoms in total. The highest BCUT2D eigenvalue weighted by Gasteiger charge is 2.23. The van der Waals surface area contributed by atoms with Crippen LogP contribution in [0.25, 0.3) is 0 Å². The highest BCUT2D eigenvalue weighted by Crippen LogP contribution is 2.30. The Bertz CT molecular complexity index is 939. The summed E-state index contributed by atoms with van der Waals surface area (Å²) < 4.78 is 7.38. The van der Waals surface area contributed by atoms with Crippen LogP contribution in [-0.2, 0) is 7.05 Å². The van der Waals surface area contributed by atoms with E-state index in [-0.39, 0.29) is 17.9 Å². The highest BCUT2D eigenvalue weighted by molar-refractivity contribution is 6.29. The molecule has 0 radical (unpaired) electrons. The predicted octanol–water partition coefficient (Wildman–Crippen LogP) is 3.61. The van der Waals surface area contributed by atoms with Crippen LogP contribution in [0, 0.1) is 0 Å². The molecule has 1 N–H and O–H groups in total. The average Bonchev–Trinajstić information content (AvgIpc) is 3.31. The Morgan fingerprint density at radius 1 is 1.30 bits per heavy atom. The van der Waals surface area contributed by atoms with E-state index in [9.17, 15) is 0 Å². The second-order valence-electron chi connectivity index (χ2n) is 6.62. The lowest BCUT2D eigenvalue weighted by molar-refractivity contribution is 0.361. The summed E-state index contributed by atoms with van der Waals surface area (Å²) >= 11 is 6.10. The Morgan fingerprint density at radius 2 is 2.19 bits per heavy atom. The molecule has 0 saturated heterocycles. The number of nitrogens with one attached hydrogen (secondary N) is 1. The molecule has 2 unspecified atom stereocenters. The molecule has 27 heavy (non-hydrogen) atoms. The number of anilines is 1. The summed E-state index contributed by atoms with van der Waals surface area (Å²) in [5.41, 5.74) is 0. The van der Waals surface area contributed by atoms with Gasteiger partial charge in [-0.15, -0.1) is 10.2 Å². The molecule has 9 heteroatoms. The largest absolute Gasteiger partial charge is 0.344 e. The number of hydrogen-bond donors (Lipinski definition) is 1. The molecule has 4 rings (SSSR count). The molecule has 1 aliphatic heterocycles.